The molecule has 2 unspecified atom stereocenters. The largest absolute Gasteiger partial charge is 0.431 e. The Morgan fingerprint density at radius 3 is 2.34 bits per heavy atom. The van der Waals surface area contributed by atoms with E-state index in [0.717, 1.165) is 29.8 Å². The Balaban J connectivity index is 1.60. The van der Waals surface area contributed by atoms with Crippen LogP contribution in [0.2, 0.25) is 0 Å². The third-order valence-electron chi connectivity index (χ3n) is 5.16. The zero-order valence-corrected chi connectivity index (χ0v) is 18.3. The minimum Gasteiger partial charge on any atom is -0.431 e. The van der Waals surface area contributed by atoms with Crippen molar-refractivity contribution >= 4 is 12.2 Å². The number of hydrogen-bond acceptors (Lipinski definition) is 6. The predicted octanol–water partition coefficient (Wildman–Crippen LogP) is 5.28. The Morgan fingerprint density at radius 2 is 1.74 bits per heavy atom. The van der Waals surface area contributed by atoms with Crippen LogP contribution in [-0.2, 0) is 15.7 Å². The van der Waals surface area contributed by atoms with Gasteiger partial charge in [0.25, 0.3) is 12.8 Å². The van der Waals surface area contributed by atoms with Crippen LogP contribution in [0.5, 0.6) is 0 Å². The minimum absolute atomic E-state index is 0.0121. The van der Waals surface area contributed by atoms with Crippen molar-refractivity contribution in [1.82, 2.24) is 19.5 Å². The highest BCUT2D eigenvalue weighted by atomic mass is 19.4. The zero-order chi connectivity index (χ0) is 25.0. The normalized spacial score (nSPS) is 13.2. The van der Waals surface area contributed by atoms with Crippen LogP contribution < -0.4 is 5.32 Å². The van der Waals surface area contributed by atoms with Crippen molar-refractivity contribution in [3.8, 4) is 16.9 Å². The average Bonchev–Trinajstić information content (AvgIpc) is 3.29. The van der Waals surface area contributed by atoms with Gasteiger partial charge in [0.1, 0.15) is 12.4 Å². The van der Waals surface area contributed by atoms with E-state index in [0.29, 0.717) is 11.3 Å². The number of anilines is 1. The van der Waals surface area contributed by atoms with Gasteiger partial charge in [-0.05, 0) is 49.4 Å². The van der Waals surface area contributed by atoms with Gasteiger partial charge in [0.2, 0.25) is 0 Å². The summed E-state index contributed by atoms with van der Waals surface area (Å²) in [4.78, 5) is 23.1. The van der Waals surface area contributed by atoms with Crippen molar-refractivity contribution in [2.75, 3.05) is 5.32 Å². The number of imidazole rings is 1. The molecule has 4 aromatic rings. The number of aromatic nitrogens is 4. The van der Waals surface area contributed by atoms with Crippen LogP contribution in [0.1, 0.15) is 23.0 Å². The van der Waals surface area contributed by atoms with E-state index in [2.05, 4.69) is 25.0 Å². The molecular formula is C24H19F4N5O2. The van der Waals surface area contributed by atoms with Gasteiger partial charge in [-0.3, -0.25) is 4.79 Å². The third-order valence-corrected chi connectivity index (χ3v) is 5.16. The van der Waals surface area contributed by atoms with E-state index in [4.69, 9.17) is 0 Å². The van der Waals surface area contributed by atoms with Crippen molar-refractivity contribution in [2.24, 2.45) is 0 Å². The van der Waals surface area contributed by atoms with Gasteiger partial charge in [0.15, 0.2) is 0 Å². The minimum atomic E-state index is -4.47. The summed E-state index contributed by atoms with van der Waals surface area (Å²) in [7, 11) is 0. The molecule has 2 aromatic heterocycles. The number of nitrogens with zero attached hydrogens (tertiary/aromatic N) is 4. The van der Waals surface area contributed by atoms with E-state index in [-0.39, 0.29) is 17.9 Å². The molecule has 4 rings (SSSR count). The Kier molecular flexibility index (Phi) is 6.76. The predicted molar refractivity (Wildman–Crippen MR) is 119 cm³/mol. The highest BCUT2D eigenvalue weighted by molar-refractivity contribution is 5.60. The fourth-order valence-electron chi connectivity index (χ4n) is 3.41. The van der Waals surface area contributed by atoms with Crippen molar-refractivity contribution in [1.29, 1.82) is 0 Å². The van der Waals surface area contributed by atoms with Crippen LogP contribution in [0.3, 0.4) is 0 Å². The Bertz CT molecular complexity index is 1290. The van der Waals surface area contributed by atoms with Crippen molar-refractivity contribution in [3.63, 3.8) is 0 Å². The molecule has 0 spiro atoms. The summed E-state index contributed by atoms with van der Waals surface area (Å²) >= 11 is 0. The molecule has 7 nitrogen and oxygen atoms in total. The fraction of sp³-hybridized carbons (Fsp3) is 0.167. The standard InChI is InChI=1S/C24H19F4N5O2/c1-15-11-33(13-31-15)19-8-6-18(7-9-19)32-22(23(25)35-14-34)21-10-20(29-12-30-21)16-2-4-17(5-3-16)24(26,27)28/h2-14,22-23,32H,1H3. The topological polar surface area (TPSA) is 81.9 Å². The van der Waals surface area contributed by atoms with Crippen LogP contribution in [0.4, 0.5) is 23.2 Å². The molecule has 0 saturated heterocycles. The van der Waals surface area contributed by atoms with Gasteiger partial charge in [0, 0.05) is 23.1 Å². The van der Waals surface area contributed by atoms with Gasteiger partial charge in [-0.25, -0.2) is 15.0 Å². The number of nitrogens with one attached hydrogen (secondary N) is 1. The summed E-state index contributed by atoms with van der Waals surface area (Å²) in [5.74, 6) is 0. The molecule has 2 atom stereocenters. The van der Waals surface area contributed by atoms with E-state index < -0.39 is 24.1 Å². The van der Waals surface area contributed by atoms with Gasteiger partial charge in [-0.1, -0.05) is 12.1 Å². The number of aryl methyl sites for hydroxylation is 1. The summed E-state index contributed by atoms with van der Waals surface area (Å²) in [5.41, 5.74) is 2.20. The molecule has 1 N–H and O–H groups in total. The molecule has 11 heteroatoms. The molecule has 0 aliphatic heterocycles. The zero-order valence-electron chi connectivity index (χ0n) is 18.3. The van der Waals surface area contributed by atoms with Gasteiger partial charge < -0.3 is 14.6 Å². The first kappa shape index (κ1) is 23.9. The van der Waals surface area contributed by atoms with E-state index in [1.807, 2.05) is 17.7 Å². The van der Waals surface area contributed by atoms with Crippen molar-refractivity contribution in [3.05, 3.63) is 90.4 Å². The number of alkyl halides is 4. The summed E-state index contributed by atoms with van der Waals surface area (Å²) in [6, 6.07) is 11.6. The molecule has 2 heterocycles. The van der Waals surface area contributed by atoms with Crippen LogP contribution in [-0.4, -0.2) is 32.3 Å². The molecule has 0 amide bonds. The van der Waals surface area contributed by atoms with Gasteiger partial charge >= 0.3 is 6.18 Å². The van der Waals surface area contributed by atoms with E-state index in [1.54, 1.807) is 30.6 Å². The number of ether oxygens (including phenoxy) is 1. The molecule has 35 heavy (non-hydrogen) atoms. The lowest BCUT2D eigenvalue weighted by atomic mass is 10.1. The highest BCUT2D eigenvalue weighted by Gasteiger charge is 2.30. The first-order chi connectivity index (χ1) is 16.7. The first-order valence-electron chi connectivity index (χ1n) is 10.3. The number of halogens is 4. The van der Waals surface area contributed by atoms with Crippen molar-refractivity contribution < 1.29 is 27.1 Å². The van der Waals surface area contributed by atoms with E-state index in [1.165, 1.54) is 18.2 Å². The Hall–Kier alpha value is -4.28. The average molecular weight is 485 g/mol. The van der Waals surface area contributed by atoms with Crippen molar-refractivity contribution in [2.45, 2.75) is 25.5 Å². The molecular weight excluding hydrogens is 466 g/mol. The van der Waals surface area contributed by atoms with Crippen LogP contribution in [0.15, 0.2) is 73.4 Å². The fourth-order valence-corrected chi connectivity index (χ4v) is 3.41. The SMILES string of the molecule is Cc1cn(-c2ccc(NC(c3cc(-c4ccc(C(F)(F)F)cc4)ncn3)C(F)OC=O)cc2)cn1. The second-order valence-corrected chi connectivity index (χ2v) is 7.58. The second-order valence-electron chi connectivity index (χ2n) is 7.58. The molecule has 0 aliphatic rings. The summed E-state index contributed by atoms with van der Waals surface area (Å²) in [5, 5.41) is 2.95. The Labute approximate surface area is 197 Å². The highest BCUT2D eigenvalue weighted by Crippen LogP contribution is 2.31. The number of carbonyl (C=O) groups is 1. The maximum atomic E-state index is 14.8. The lowest BCUT2D eigenvalue weighted by Crippen LogP contribution is -2.25. The second kappa shape index (κ2) is 9.92. The van der Waals surface area contributed by atoms with Gasteiger partial charge in [-0.15, -0.1) is 0 Å². The molecule has 0 fully saturated rings. The first-order valence-corrected chi connectivity index (χ1v) is 10.3. The Morgan fingerprint density at radius 1 is 1.03 bits per heavy atom. The molecule has 0 radical (unpaired) electrons. The molecule has 2 aromatic carbocycles. The summed E-state index contributed by atoms with van der Waals surface area (Å²) in [6.07, 6.45) is -1.89. The number of benzene rings is 2. The molecule has 0 aliphatic carbocycles. The van der Waals surface area contributed by atoms with Crippen LogP contribution in [0, 0.1) is 6.92 Å². The maximum absolute atomic E-state index is 14.8. The van der Waals surface area contributed by atoms with E-state index >= 15 is 0 Å². The maximum Gasteiger partial charge on any atom is 0.416 e. The van der Waals surface area contributed by atoms with Gasteiger partial charge in [-0.2, -0.15) is 17.6 Å². The number of hydrogen-bond donors (Lipinski definition) is 1. The summed E-state index contributed by atoms with van der Waals surface area (Å²) in [6.45, 7) is 1.86. The van der Waals surface area contributed by atoms with Gasteiger partial charge in [0.05, 0.1) is 29.0 Å². The lowest BCUT2D eigenvalue weighted by Gasteiger charge is -2.22. The molecule has 0 saturated carbocycles. The smallest absolute Gasteiger partial charge is 0.416 e. The van der Waals surface area contributed by atoms with Crippen LogP contribution in [0.25, 0.3) is 16.9 Å². The number of rotatable bonds is 8. The van der Waals surface area contributed by atoms with E-state index in [9.17, 15) is 22.4 Å². The molecule has 0 bridgehead atoms. The third kappa shape index (κ3) is 5.62. The monoisotopic (exact) mass is 485 g/mol. The quantitative estimate of drug-likeness (QED) is 0.270. The number of carbonyl (C=O) groups excluding carboxylic acids is 1. The molecule has 180 valence electrons. The van der Waals surface area contributed by atoms with Crippen LogP contribution >= 0.6 is 0 Å². The summed E-state index contributed by atoms with van der Waals surface area (Å²) < 4.78 is 59.7. The lowest BCUT2D eigenvalue weighted by molar-refractivity contribution is -0.143.